The van der Waals surface area contributed by atoms with Crippen LogP contribution in [0.25, 0.3) is 83.6 Å². The Morgan fingerprint density at radius 3 is 1.66 bits per heavy atom. The molecule has 0 radical (unpaired) electrons. The molecule has 0 bridgehead atoms. The van der Waals surface area contributed by atoms with Gasteiger partial charge in [0.1, 0.15) is 58.2 Å². The standard InChI is InChI=1S/C39H30B6N4O/c40-23-15-25-29-30-26-16-24(41)18-28(43)35(26)50-36(30)32(45)31(44)34(29)49(33(25)27(42)17-23)39-47-37(21-9-5-2-6-10-21)46-38(48-39)22-13-11-20(12-14-22)19-7-3-1-4-8-19/h1-18H,40-45H2. The van der Waals surface area contributed by atoms with Crippen molar-refractivity contribution < 1.29 is 4.42 Å². The summed E-state index contributed by atoms with van der Waals surface area (Å²) in [5, 5.41) is 4.63. The van der Waals surface area contributed by atoms with E-state index in [0.717, 1.165) is 71.5 Å². The van der Waals surface area contributed by atoms with Gasteiger partial charge in [-0.25, -0.2) is 4.98 Å². The molecule has 0 fully saturated rings. The van der Waals surface area contributed by atoms with E-state index in [4.69, 9.17) is 19.4 Å². The molecule has 5 nitrogen and oxygen atoms in total. The van der Waals surface area contributed by atoms with Gasteiger partial charge in [0.05, 0.1) is 11.0 Å². The molecular formula is C39H30B6N4O. The minimum Gasteiger partial charge on any atom is -0.457 e. The van der Waals surface area contributed by atoms with E-state index >= 15 is 0 Å². The third-order valence-electron chi connectivity index (χ3n) is 10.1. The molecule has 0 aliphatic heterocycles. The molecule has 0 aliphatic rings. The van der Waals surface area contributed by atoms with E-state index in [-0.39, 0.29) is 0 Å². The van der Waals surface area contributed by atoms with Crippen molar-refractivity contribution >= 4 is 124 Å². The lowest BCUT2D eigenvalue weighted by molar-refractivity contribution is 0.674. The Kier molecular flexibility index (Phi) is 6.96. The van der Waals surface area contributed by atoms with Crippen LogP contribution in [0.5, 0.6) is 0 Å². The highest BCUT2D eigenvalue weighted by molar-refractivity contribution is 6.59. The zero-order chi connectivity index (χ0) is 34.3. The fourth-order valence-corrected chi connectivity index (χ4v) is 7.77. The van der Waals surface area contributed by atoms with E-state index in [2.05, 4.69) is 137 Å². The van der Waals surface area contributed by atoms with Gasteiger partial charge in [-0.1, -0.05) is 137 Å². The summed E-state index contributed by atoms with van der Waals surface area (Å²) in [7, 11) is 13.0. The SMILES string of the molecule is Bc1cc(B)c2oc3c(B)c(B)c4c(c5cc(B)cc(B)c5n4-c4nc(-c5ccccc5)nc(-c5ccc(-c6ccccc6)cc5)n4)c3c2c1. The van der Waals surface area contributed by atoms with Crippen molar-refractivity contribution in [3.05, 3.63) is 109 Å². The summed E-state index contributed by atoms with van der Waals surface area (Å²) in [6.07, 6.45) is 0. The van der Waals surface area contributed by atoms with E-state index in [0.29, 0.717) is 17.6 Å². The van der Waals surface area contributed by atoms with Crippen LogP contribution in [-0.4, -0.2) is 66.6 Å². The highest BCUT2D eigenvalue weighted by atomic mass is 16.3. The highest BCUT2D eigenvalue weighted by Crippen LogP contribution is 2.38. The van der Waals surface area contributed by atoms with E-state index in [1.165, 1.54) is 27.3 Å². The van der Waals surface area contributed by atoms with Crippen LogP contribution in [0.4, 0.5) is 0 Å². The molecule has 0 aliphatic carbocycles. The van der Waals surface area contributed by atoms with E-state index in [1.54, 1.807) is 0 Å². The van der Waals surface area contributed by atoms with Crippen molar-refractivity contribution in [3.63, 3.8) is 0 Å². The van der Waals surface area contributed by atoms with Gasteiger partial charge in [0.25, 0.3) is 0 Å². The van der Waals surface area contributed by atoms with Crippen molar-refractivity contribution in [2.45, 2.75) is 0 Å². The summed E-state index contributed by atoms with van der Waals surface area (Å²) >= 11 is 0. The summed E-state index contributed by atoms with van der Waals surface area (Å²) in [5.74, 6) is 1.85. The van der Waals surface area contributed by atoms with E-state index in [9.17, 15) is 0 Å². The molecule has 3 aromatic heterocycles. The van der Waals surface area contributed by atoms with Gasteiger partial charge >= 0.3 is 0 Å². The largest absolute Gasteiger partial charge is 0.457 e. The average Bonchev–Trinajstić information content (AvgIpc) is 3.68. The number of hydrogen-bond donors (Lipinski definition) is 0. The van der Waals surface area contributed by atoms with Gasteiger partial charge in [0.15, 0.2) is 11.6 Å². The Balaban J connectivity index is 1.40. The summed E-state index contributed by atoms with van der Waals surface area (Å²) in [6, 6.07) is 38.1. The van der Waals surface area contributed by atoms with Gasteiger partial charge in [-0.05, 0) is 16.6 Å². The number of benzene rings is 6. The molecule has 11 heteroatoms. The molecule has 9 aromatic rings. The summed E-state index contributed by atoms with van der Waals surface area (Å²) < 4.78 is 9.00. The van der Waals surface area contributed by atoms with Crippen LogP contribution < -0.4 is 32.8 Å². The Morgan fingerprint density at radius 2 is 1.00 bits per heavy atom. The molecule has 6 aromatic carbocycles. The quantitative estimate of drug-likeness (QED) is 0.243. The molecule has 230 valence electrons. The second-order valence-corrected chi connectivity index (χ2v) is 13.6. The summed E-state index contributed by atoms with van der Waals surface area (Å²) in [5.41, 5.74) is 15.3. The smallest absolute Gasteiger partial charge is 0.238 e. The van der Waals surface area contributed by atoms with E-state index < -0.39 is 0 Å². The lowest BCUT2D eigenvalue weighted by Gasteiger charge is -2.14. The van der Waals surface area contributed by atoms with Crippen LogP contribution in [0.15, 0.2) is 114 Å². The molecule has 0 saturated carbocycles. The number of rotatable bonds is 4. The third kappa shape index (κ3) is 4.67. The number of nitrogens with zero attached hydrogens (tertiary/aromatic N) is 4. The van der Waals surface area contributed by atoms with Crippen LogP contribution in [0.1, 0.15) is 0 Å². The predicted molar refractivity (Wildman–Crippen MR) is 227 cm³/mol. The van der Waals surface area contributed by atoms with Crippen LogP contribution in [0.3, 0.4) is 0 Å². The Labute approximate surface area is 295 Å². The molecule has 9 rings (SSSR count). The molecule has 0 N–H and O–H groups in total. The minimum absolute atomic E-state index is 0.593. The summed E-state index contributed by atoms with van der Waals surface area (Å²) in [6.45, 7) is 0. The van der Waals surface area contributed by atoms with Crippen molar-refractivity contribution in [1.82, 2.24) is 19.5 Å². The zero-order valence-corrected chi connectivity index (χ0v) is 29.1. The first-order chi connectivity index (χ1) is 24.3. The topological polar surface area (TPSA) is 56.7 Å². The van der Waals surface area contributed by atoms with Gasteiger partial charge in [0, 0.05) is 32.7 Å². The second-order valence-electron chi connectivity index (χ2n) is 13.6. The molecule has 0 unspecified atom stereocenters. The molecule has 50 heavy (non-hydrogen) atoms. The molecule has 0 spiro atoms. The minimum atomic E-state index is 0.593. The molecule has 0 atom stereocenters. The van der Waals surface area contributed by atoms with Gasteiger partial charge in [-0.15, -0.1) is 0 Å². The van der Waals surface area contributed by atoms with Gasteiger partial charge in [0.2, 0.25) is 5.95 Å². The van der Waals surface area contributed by atoms with E-state index in [1.807, 2.05) is 24.3 Å². The maximum atomic E-state index is 6.73. The lowest BCUT2D eigenvalue weighted by atomic mass is 9.77. The average molecular weight is 636 g/mol. The number of hydrogen-bond acceptors (Lipinski definition) is 4. The van der Waals surface area contributed by atoms with Gasteiger partial charge in [-0.2, -0.15) is 9.97 Å². The van der Waals surface area contributed by atoms with Crippen LogP contribution in [0.2, 0.25) is 0 Å². The highest BCUT2D eigenvalue weighted by Gasteiger charge is 2.26. The number of furan rings is 1. The predicted octanol–water partition coefficient (Wildman–Crippen LogP) is -0.580. The first-order valence-corrected chi connectivity index (χ1v) is 17.1. The fourth-order valence-electron chi connectivity index (χ4n) is 7.77. The zero-order valence-electron chi connectivity index (χ0n) is 29.1. The Bertz CT molecular complexity index is 2820. The molecule has 3 heterocycles. The Hall–Kier alpha value is -5.68. The van der Waals surface area contributed by atoms with Crippen molar-refractivity contribution in [3.8, 4) is 39.9 Å². The third-order valence-corrected chi connectivity index (χ3v) is 10.1. The van der Waals surface area contributed by atoms with Crippen molar-refractivity contribution in [2.24, 2.45) is 0 Å². The maximum absolute atomic E-state index is 6.73. The molecule has 0 amide bonds. The maximum Gasteiger partial charge on any atom is 0.238 e. The van der Waals surface area contributed by atoms with Crippen molar-refractivity contribution in [2.75, 3.05) is 0 Å². The fraction of sp³-hybridized carbons (Fsp3) is 0. The number of fused-ring (bicyclic) bond motifs is 7. The Morgan fingerprint density at radius 1 is 0.460 bits per heavy atom. The van der Waals surface area contributed by atoms with Gasteiger partial charge in [-0.3, -0.25) is 4.57 Å². The second kappa shape index (κ2) is 11.4. The first kappa shape index (κ1) is 30.4. The molecule has 0 saturated heterocycles. The monoisotopic (exact) mass is 636 g/mol. The molecular weight excluding hydrogens is 605 g/mol. The lowest BCUT2D eigenvalue weighted by Crippen LogP contribution is -2.28. The van der Waals surface area contributed by atoms with Crippen molar-refractivity contribution in [1.29, 1.82) is 0 Å². The normalized spacial score (nSPS) is 11.7. The number of aromatic nitrogens is 4. The first-order valence-electron chi connectivity index (χ1n) is 17.1. The summed E-state index contributed by atoms with van der Waals surface area (Å²) in [4.78, 5) is 15.6. The van der Waals surface area contributed by atoms with Crippen LogP contribution in [-0.2, 0) is 0 Å². The van der Waals surface area contributed by atoms with Gasteiger partial charge < -0.3 is 4.42 Å². The van der Waals surface area contributed by atoms with Crippen LogP contribution in [0, 0.1) is 0 Å². The van der Waals surface area contributed by atoms with Crippen LogP contribution >= 0.6 is 0 Å².